The van der Waals surface area contributed by atoms with Crippen LogP contribution in [0, 0.1) is 17.8 Å². The van der Waals surface area contributed by atoms with Crippen LogP contribution >= 0.6 is 0 Å². The molecule has 1 amide bonds. The molecule has 0 bridgehead atoms. The first-order chi connectivity index (χ1) is 11.6. The van der Waals surface area contributed by atoms with Crippen molar-refractivity contribution < 1.29 is 13.2 Å². The quantitative estimate of drug-likeness (QED) is 0.764. The third-order valence-electron chi connectivity index (χ3n) is 6.50. The van der Waals surface area contributed by atoms with E-state index in [1.807, 2.05) is 4.90 Å². The Labute approximate surface area is 145 Å². The lowest BCUT2D eigenvalue weighted by Crippen LogP contribution is -2.59. The fraction of sp³-hybridized carbons (Fsp3) is 0.941. The summed E-state index contributed by atoms with van der Waals surface area (Å²) in [6, 6.07) is 0. The number of carbonyl (C=O) groups is 1. The zero-order valence-electron chi connectivity index (χ0n) is 14.4. The van der Waals surface area contributed by atoms with Crippen molar-refractivity contribution in [2.75, 3.05) is 39.3 Å². The van der Waals surface area contributed by atoms with E-state index in [0.717, 1.165) is 44.7 Å². The molecule has 4 fully saturated rings. The molecule has 6 nitrogen and oxygen atoms in total. The van der Waals surface area contributed by atoms with Crippen molar-refractivity contribution in [2.45, 2.75) is 44.9 Å². The van der Waals surface area contributed by atoms with Crippen LogP contribution in [0.4, 0.5) is 0 Å². The van der Waals surface area contributed by atoms with Gasteiger partial charge in [0, 0.05) is 39.3 Å². The largest absolute Gasteiger partial charge is 0.342 e. The van der Waals surface area contributed by atoms with Crippen molar-refractivity contribution in [3.63, 3.8) is 0 Å². The van der Waals surface area contributed by atoms with E-state index in [2.05, 4.69) is 0 Å². The molecule has 4 rings (SSSR count). The van der Waals surface area contributed by atoms with Gasteiger partial charge in [0.15, 0.2) is 0 Å². The van der Waals surface area contributed by atoms with Crippen LogP contribution in [-0.2, 0) is 15.0 Å². The summed E-state index contributed by atoms with van der Waals surface area (Å²) in [5, 5.41) is 0. The van der Waals surface area contributed by atoms with Gasteiger partial charge < -0.3 is 4.90 Å². The molecule has 24 heavy (non-hydrogen) atoms. The first kappa shape index (κ1) is 16.8. The van der Waals surface area contributed by atoms with E-state index in [0.29, 0.717) is 32.1 Å². The van der Waals surface area contributed by atoms with Crippen molar-refractivity contribution in [2.24, 2.45) is 17.8 Å². The maximum Gasteiger partial charge on any atom is 0.282 e. The van der Waals surface area contributed by atoms with Gasteiger partial charge in [0.05, 0.1) is 5.92 Å². The van der Waals surface area contributed by atoms with Gasteiger partial charge in [-0.3, -0.25) is 4.79 Å². The molecule has 0 spiro atoms. The summed E-state index contributed by atoms with van der Waals surface area (Å²) >= 11 is 0. The van der Waals surface area contributed by atoms with Crippen molar-refractivity contribution in [3.05, 3.63) is 0 Å². The molecule has 0 aromatic carbocycles. The minimum Gasteiger partial charge on any atom is -0.342 e. The number of rotatable bonds is 4. The van der Waals surface area contributed by atoms with E-state index >= 15 is 0 Å². The maximum absolute atomic E-state index is 12.9. The predicted molar refractivity (Wildman–Crippen MR) is 91.4 cm³/mol. The number of likely N-dealkylation sites (tertiary alicyclic amines) is 1. The van der Waals surface area contributed by atoms with Gasteiger partial charge in [-0.2, -0.15) is 17.0 Å². The van der Waals surface area contributed by atoms with Crippen LogP contribution in [0.15, 0.2) is 0 Å². The van der Waals surface area contributed by atoms with Crippen molar-refractivity contribution >= 4 is 16.1 Å². The lowest BCUT2D eigenvalue weighted by Gasteiger charge is -2.47. The van der Waals surface area contributed by atoms with Gasteiger partial charge >= 0.3 is 0 Å². The lowest BCUT2D eigenvalue weighted by atomic mass is 9.73. The predicted octanol–water partition coefficient (Wildman–Crippen LogP) is 1.30. The van der Waals surface area contributed by atoms with Crippen molar-refractivity contribution in [1.82, 2.24) is 13.5 Å². The number of hydrogen-bond acceptors (Lipinski definition) is 3. The van der Waals surface area contributed by atoms with E-state index in [-0.39, 0.29) is 11.8 Å². The summed E-state index contributed by atoms with van der Waals surface area (Å²) in [6.07, 6.45) is 7.63. The van der Waals surface area contributed by atoms with Crippen LogP contribution < -0.4 is 0 Å². The van der Waals surface area contributed by atoms with Gasteiger partial charge in [-0.05, 0) is 37.5 Å². The highest BCUT2D eigenvalue weighted by molar-refractivity contribution is 7.86. The summed E-state index contributed by atoms with van der Waals surface area (Å²) in [5.41, 5.74) is 0. The van der Waals surface area contributed by atoms with Crippen LogP contribution in [0.1, 0.15) is 44.9 Å². The third-order valence-corrected chi connectivity index (χ3v) is 8.43. The molecule has 4 aliphatic rings. The summed E-state index contributed by atoms with van der Waals surface area (Å²) in [4.78, 5) is 14.5. The second-order valence-corrected chi connectivity index (χ2v) is 9.93. The van der Waals surface area contributed by atoms with Gasteiger partial charge in [0.25, 0.3) is 10.2 Å². The molecule has 136 valence electrons. The van der Waals surface area contributed by atoms with Crippen LogP contribution in [0.2, 0.25) is 0 Å². The topological polar surface area (TPSA) is 60.9 Å². The molecule has 0 aromatic heterocycles. The zero-order valence-corrected chi connectivity index (χ0v) is 15.2. The van der Waals surface area contributed by atoms with E-state index < -0.39 is 10.2 Å². The zero-order chi connectivity index (χ0) is 16.7. The smallest absolute Gasteiger partial charge is 0.282 e. The molecule has 1 saturated carbocycles. The van der Waals surface area contributed by atoms with E-state index in [9.17, 15) is 13.2 Å². The third kappa shape index (κ3) is 2.99. The Morgan fingerprint density at radius 2 is 1.46 bits per heavy atom. The number of nitrogens with zero attached hydrogens (tertiary/aromatic N) is 3. The molecule has 0 N–H and O–H groups in total. The minimum atomic E-state index is -3.37. The molecule has 1 atom stereocenters. The Bertz CT molecular complexity index is 578. The van der Waals surface area contributed by atoms with Gasteiger partial charge in [0.1, 0.15) is 0 Å². The summed E-state index contributed by atoms with van der Waals surface area (Å²) < 4.78 is 28.9. The fourth-order valence-corrected chi connectivity index (χ4v) is 6.39. The van der Waals surface area contributed by atoms with Gasteiger partial charge in [-0.25, -0.2) is 0 Å². The number of hydrogen-bond donors (Lipinski definition) is 0. The fourth-order valence-electron chi connectivity index (χ4n) is 4.58. The molecule has 7 heteroatoms. The van der Waals surface area contributed by atoms with E-state index in [1.54, 1.807) is 8.61 Å². The molecule has 3 saturated heterocycles. The van der Waals surface area contributed by atoms with Gasteiger partial charge in [-0.15, -0.1) is 0 Å². The molecule has 0 unspecified atom stereocenters. The SMILES string of the molecule is O=C([C@H]1CCCN(S(=O)(=O)N2CC(C3CCC3)C2)C1)N1CCCC1. The second-order valence-electron chi connectivity index (χ2n) is 8.01. The number of piperidine rings is 1. The highest BCUT2D eigenvalue weighted by Gasteiger charge is 2.45. The van der Waals surface area contributed by atoms with E-state index in [1.165, 1.54) is 19.3 Å². The average Bonchev–Trinajstić information content (AvgIpc) is 3.02. The highest BCUT2D eigenvalue weighted by Crippen LogP contribution is 2.39. The molecule has 1 aliphatic carbocycles. The molecular weight excluding hydrogens is 326 g/mol. The Morgan fingerprint density at radius 3 is 2.08 bits per heavy atom. The monoisotopic (exact) mass is 355 g/mol. The van der Waals surface area contributed by atoms with Crippen LogP contribution in [-0.4, -0.2) is 67.1 Å². The molecule has 3 aliphatic heterocycles. The van der Waals surface area contributed by atoms with Crippen LogP contribution in [0.25, 0.3) is 0 Å². The normalized spacial score (nSPS) is 31.0. The highest BCUT2D eigenvalue weighted by atomic mass is 32.2. The number of carbonyl (C=O) groups excluding carboxylic acids is 1. The van der Waals surface area contributed by atoms with Gasteiger partial charge in [-0.1, -0.05) is 19.3 Å². The first-order valence-electron chi connectivity index (χ1n) is 9.60. The molecule has 0 aromatic rings. The first-order valence-corrected chi connectivity index (χ1v) is 11.0. The Balaban J connectivity index is 1.35. The van der Waals surface area contributed by atoms with Gasteiger partial charge in [0.2, 0.25) is 5.91 Å². The Morgan fingerprint density at radius 1 is 0.750 bits per heavy atom. The van der Waals surface area contributed by atoms with Crippen LogP contribution in [0.5, 0.6) is 0 Å². The Hall–Kier alpha value is -0.660. The summed E-state index contributed by atoms with van der Waals surface area (Å²) in [6.45, 7) is 4.01. The standard InChI is InChI=1S/C17H29N3O3S/c21-17(18-8-1-2-9-18)15-7-4-10-19(11-15)24(22,23)20-12-16(13-20)14-5-3-6-14/h14-16H,1-13H2/t15-/m0/s1. The van der Waals surface area contributed by atoms with Crippen molar-refractivity contribution in [1.29, 1.82) is 0 Å². The Kier molecular flexibility index (Phi) is 4.60. The second kappa shape index (κ2) is 6.57. The minimum absolute atomic E-state index is 0.143. The van der Waals surface area contributed by atoms with Crippen LogP contribution in [0.3, 0.4) is 0 Å². The molecule has 0 radical (unpaired) electrons. The average molecular weight is 356 g/mol. The lowest BCUT2D eigenvalue weighted by molar-refractivity contribution is -0.135. The van der Waals surface area contributed by atoms with E-state index in [4.69, 9.17) is 0 Å². The number of amides is 1. The maximum atomic E-state index is 12.9. The molecule has 3 heterocycles. The molecular formula is C17H29N3O3S. The summed E-state index contributed by atoms with van der Waals surface area (Å²) in [5.74, 6) is 1.35. The summed E-state index contributed by atoms with van der Waals surface area (Å²) in [7, 11) is -3.37. The van der Waals surface area contributed by atoms with Crippen molar-refractivity contribution in [3.8, 4) is 0 Å².